The van der Waals surface area contributed by atoms with Crippen LogP contribution in [0.5, 0.6) is 11.5 Å². The van der Waals surface area contributed by atoms with Crippen molar-refractivity contribution in [2.45, 2.75) is 37.4 Å². The highest BCUT2D eigenvalue weighted by atomic mass is 16.7. The smallest absolute Gasteiger partial charge is 0.231 e. The second-order valence-electron chi connectivity index (χ2n) is 6.89. The molecule has 3 nitrogen and oxygen atoms in total. The number of fused-ring (bicyclic) bond motifs is 3. The first-order chi connectivity index (χ1) is 11.9. The molecule has 1 saturated heterocycles. The van der Waals surface area contributed by atoms with E-state index in [-0.39, 0.29) is 0 Å². The molecule has 0 aromatic heterocycles. The van der Waals surface area contributed by atoms with Crippen molar-refractivity contribution < 1.29 is 9.47 Å². The molecule has 0 N–H and O–H groups in total. The van der Waals surface area contributed by atoms with Crippen molar-refractivity contribution in [2.75, 3.05) is 6.79 Å². The lowest BCUT2D eigenvalue weighted by Crippen LogP contribution is -2.40. The highest BCUT2D eigenvalue weighted by Gasteiger charge is 2.40. The van der Waals surface area contributed by atoms with Crippen LogP contribution in [0.2, 0.25) is 0 Å². The van der Waals surface area contributed by atoms with E-state index in [9.17, 15) is 0 Å². The van der Waals surface area contributed by atoms with Gasteiger partial charge in [-0.05, 0) is 36.1 Å². The summed E-state index contributed by atoms with van der Waals surface area (Å²) in [4.78, 5) is 2.67. The van der Waals surface area contributed by atoms with Gasteiger partial charge in [-0.1, -0.05) is 48.6 Å². The topological polar surface area (TPSA) is 21.7 Å². The SMILES string of the molecule is C1=C[C@H]2CC[C@@H]([C@@H]1c1ccc3c(c1)OCO3)N2Cc1ccccc1. The lowest BCUT2D eigenvalue weighted by atomic mass is 9.88. The Hall–Kier alpha value is -2.26. The highest BCUT2D eigenvalue weighted by molar-refractivity contribution is 5.47. The van der Waals surface area contributed by atoms with Crippen molar-refractivity contribution in [1.82, 2.24) is 4.90 Å². The summed E-state index contributed by atoms with van der Waals surface area (Å²) >= 11 is 0. The van der Waals surface area contributed by atoms with Crippen LogP contribution in [0.15, 0.2) is 60.7 Å². The summed E-state index contributed by atoms with van der Waals surface area (Å²) in [6, 6.07) is 18.4. The fourth-order valence-corrected chi connectivity index (χ4v) is 4.37. The molecule has 24 heavy (non-hydrogen) atoms. The van der Waals surface area contributed by atoms with Gasteiger partial charge >= 0.3 is 0 Å². The Balaban J connectivity index is 1.44. The summed E-state index contributed by atoms with van der Waals surface area (Å²) in [5, 5.41) is 0. The zero-order valence-corrected chi connectivity index (χ0v) is 13.6. The standard InChI is InChI=1S/C21H21NO2/c1-2-4-15(5-3-1)13-22-17-7-9-18(19(22)10-8-17)16-6-11-20-21(12-16)24-14-23-20/h1-7,9,11-12,17-19H,8,10,13-14H2/t17-,18-,19-/m0/s1. The monoisotopic (exact) mass is 319 g/mol. The quantitative estimate of drug-likeness (QED) is 0.795. The van der Waals surface area contributed by atoms with Crippen molar-refractivity contribution in [2.24, 2.45) is 0 Å². The third kappa shape index (κ3) is 2.31. The first-order valence-electron chi connectivity index (χ1n) is 8.76. The Kier molecular flexibility index (Phi) is 3.34. The summed E-state index contributed by atoms with van der Waals surface area (Å²) in [6.45, 7) is 1.37. The molecule has 0 radical (unpaired) electrons. The fourth-order valence-electron chi connectivity index (χ4n) is 4.37. The minimum absolute atomic E-state index is 0.338. The van der Waals surface area contributed by atoms with E-state index in [1.54, 1.807) is 0 Å². The Morgan fingerprint density at radius 1 is 0.917 bits per heavy atom. The van der Waals surface area contributed by atoms with E-state index in [2.05, 4.69) is 59.5 Å². The maximum atomic E-state index is 5.57. The average Bonchev–Trinajstić information content (AvgIpc) is 3.18. The number of hydrogen-bond donors (Lipinski definition) is 0. The Labute approximate surface area is 142 Å². The number of nitrogens with zero attached hydrogens (tertiary/aromatic N) is 1. The largest absolute Gasteiger partial charge is 0.454 e. The molecule has 0 unspecified atom stereocenters. The summed E-state index contributed by atoms with van der Waals surface area (Å²) in [7, 11) is 0. The second-order valence-corrected chi connectivity index (χ2v) is 6.89. The Morgan fingerprint density at radius 2 is 1.79 bits per heavy atom. The molecule has 3 atom stereocenters. The Bertz CT molecular complexity index is 771. The van der Waals surface area contributed by atoms with Crippen molar-refractivity contribution in [3.8, 4) is 11.5 Å². The van der Waals surface area contributed by atoms with E-state index < -0.39 is 0 Å². The molecule has 5 rings (SSSR count). The van der Waals surface area contributed by atoms with Crippen molar-refractivity contribution in [3.63, 3.8) is 0 Å². The summed E-state index contributed by atoms with van der Waals surface area (Å²) in [6.07, 6.45) is 7.32. The Morgan fingerprint density at radius 3 is 2.71 bits per heavy atom. The van der Waals surface area contributed by atoms with Gasteiger partial charge in [-0.3, -0.25) is 4.90 Å². The normalized spacial score (nSPS) is 27.6. The van der Waals surface area contributed by atoms with Crippen LogP contribution in [0.1, 0.15) is 29.9 Å². The number of rotatable bonds is 3. The highest BCUT2D eigenvalue weighted by Crippen LogP contribution is 2.43. The number of ether oxygens (including phenoxy) is 2. The van der Waals surface area contributed by atoms with Crippen LogP contribution < -0.4 is 9.47 Å². The molecule has 1 fully saturated rings. The van der Waals surface area contributed by atoms with Gasteiger partial charge in [-0.25, -0.2) is 0 Å². The third-order valence-electron chi connectivity index (χ3n) is 5.55. The molecular formula is C21H21NO2. The van der Waals surface area contributed by atoms with E-state index in [0.29, 0.717) is 24.8 Å². The van der Waals surface area contributed by atoms with E-state index in [1.807, 2.05) is 6.07 Å². The summed E-state index contributed by atoms with van der Waals surface area (Å²) in [5.41, 5.74) is 2.73. The van der Waals surface area contributed by atoms with Gasteiger partial charge in [0.2, 0.25) is 6.79 Å². The first-order valence-corrected chi connectivity index (χ1v) is 8.76. The van der Waals surface area contributed by atoms with Gasteiger partial charge in [0.15, 0.2) is 11.5 Å². The van der Waals surface area contributed by atoms with Gasteiger partial charge in [0.1, 0.15) is 0 Å². The maximum Gasteiger partial charge on any atom is 0.231 e. The van der Waals surface area contributed by atoms with Gasteiger partial charge in [0.25, 0.3) is 0 Å². The molecule has 2 bridgehead atoms. The summed E-state index contributed by atoms with van der Waals surface area (Å²) < 4.78 is 11.0. The maximum absolute atomic E-state index is 5.57. The first kappa shape index (κ1) is 14.1. The average molecular weight is 319 g/mol. The molecule has 3 heteroatoms. The van der Waals surface area contributed by atoms with Gasteiger partial charge in [0, 0.05) is 24.5 Å². The van der Waals surface area contributed by atoms with Crippen LogP contribution in [-0.2, 0) is 6.54 Å². The molecule has 0 aliphatic carbocycles. The number of hydrogen-bond acceptors (Lipinski definition) is 3. The van der Waals surface area contributed by atoms with Crippen molar-refractivity contribution in [1.29, 1.82) is 0 Å². The zero-order chi connectivity index (χ0) is 15.9. The van der Waals surface area contributed by atoms with Crippen LogP contribution in [-0.4, -0.2) is 23.8 Å². The van der Waals surface area contributed by atoms with Crippen LogP contribution in [0.25, 0.3) is 0 Å². The lowest BCUT2D eigenvalue weighted by Gasteiger charge is -2.37. The fraction of sp³-hybridized carbons (Fsp3) is 0.333. The van der Waals surface area contributed by atoms with Crippen LogP contribution in [0, 0.1) is 0 Å². The van der Waals surface area contributed by atoms with Crippen LogP contribution in [0.3, 0.4) is 0 Å². The van der Waals surface area contributed by atoms with Crippen LogP contribution >= 0.6 is 0 Å². The molecule has 2 aromatic rings. The molecule has 3 aliphatic rings. The van der Waals surface area contributed by atoms with Gasteiger partial charge in [-0.15, -0.1) is 0 Å². The van der Waals surface area contributed by atoms with E-state index >= 15 is 0 Å². The van der Waals surface area contributed by atoms with Crippen molar-refractivity contribution >= 4 is 0 Å². The molecule has 0 amide bonds. The molecule has 3 heterocycles. The summed E-state index contributed by atoms with van der Waals surface area (Å²) in [5.74, 6) is 2.18. The molecule has 3 aliphatic heterocycles. The molecule has 0 spiro atoms. The van der Waals surface area contributed by atoms with Crippen LogP contribution in [0.4, 0.5) is 0 Å². The van der Waals surface area contributed by atoms with Gasteiger partial charge < -0.3 is 9.47 Å². The second kappa shape index (κ2) is 5.67. The minimum atomic E-state index is 0.338. The third-order valence-corrected chi connectivity index (χ3v) is 5.55. The van der Waals surface area contributed by atoms with E-state index in [0.717, 1.165) is 18.0 Å². The van der Waals surface area contributed by atoms with E-state index in [4.69, 9.17) is 9.47 Å². The van der Waals surface area contributed by atoms with E-state index in [1.165, 1.54) is 24.0 Å². The van der Waals surface area contributed by atoms with Gasteiger partial charge in [0.05, 0.1) is 0 Å². The molecule has 122 valence electrons. The minimum Gasteiger partial charge on any atom is -0.454 e. The predicted octanol–water partition coefficient (Wildman–Crippen LogP) is 4.10. The van der Waals surface area contributed by atoms with Crippen molar-refractivity contribution in [3.05, 3.63) is 71.8 Å². The molecule has 0 saturated carbocycles. The molecule has 2 aromatic carbocycles. The lowest BCUT2D eigenvalue weighted by molar-refractivity contribution is 0.173. The molecular weight excluding hydrogens is 298 g/mol. The number of benzene rings is 2. The predicted molar refractivity (Wildman–Crippen MR) is 93.2 cm³/mol. The van der Waals surface area contributed by atoms with Gasteiger partial charge in [-0.2, -0.15) is 0 Å². The zero-order valence-electron chi connectivity index (χ0n) is 13.6.